The zero-order valence-electron chi connectivity index (χ0n) is 15.0. The summed E-state index contributed by atoms with van der Waals surface area (Å²) in [5.41, 5.74) is 1.55. The van der Waals surface area contributed by atoms with E-state index in [0.29, 0.717) is 11.3 Å². The lowest BCUT2D eigenvalue weighted by atomic mass is 10.1. The highest BCUT2D eigenvalue weighted by molar-refractivity contribution is 6.60. The minimum atomic E-state index is -2.51. The molecule has 1 aromatic carbocycles. The lowest BCUT2D eigenvalue weighted by molar-refractivity contribution is -0.130. The van der Waals surface area contributed by atoms with Gasteiger partial charge < -0.3 is 22.8 Å². The van der Waals surface area contributed by atoms with E-state index < -0.39 is 14.8 Å². The second-order valence-corrected chi connectivity index (χ2v) is 8.31. The smallest absolute Gasteiger partial charge is 0.500 e. The molecule has 0 bridgehead atoms. The molecule has 1 aromatic rings. The molecule has 0 aliphatic heterocycles. The van der Waals surface area contributed by atoms with Crippen LogP contribution in [0.3, 0.4) is 0 Å². The van der Waals surface area contributed by atoms with Crippen LogP contribution in [0.1, 0.15) is 18.9 Å². The number of aryl methyl sites for hydroxylation is 1. The van der Waals surface area contributed by atoms with Crippen LogP contribution in [0.4, 0.5) is 0 Å². The van der Waals surface area contributed by atoms with Gasteiger partial charge in [-0.15, -0.1) is 0 Å². The molecular formula is C17H26O6Si. The van der Waals surface area contributed by atoms with Gasteiger partial charge in [-0.2, -0.15) is 0 Å². The van der Waals surface area contributed by atoms with Crippen molar-refractivity contribution >= 4 is 14.8 Å². The van der Waals surface area contributed by atoms with Gasteiger partial charge in [-0.25, -0.2) is 4.79 Å². The fourth-order valence-corrected chi connectivity index (χ4v) is 3.92. The Bertz CT molecular complexity index is 528. The second-order valence-electron chi connectivity index (χ2n) is 5.22. The van der Waals surface area contributed by atoms with Gasteiger partial charge in [0.05, 0.1) is 18.9 Å². The standard InChI is InChI=1S/C17H26O6Si/c1-14(13-19-2)17(18)23-16-10-8-15(9-11-16)7-6-12-24(20-3,21-4)22-5/h8-11,13H,6-7,12H2,1-5H3. The molecule has 0 heterocycles. The summed E-state index contributed by atoms with van der Waals surface area (Å²) in [5.74, 6) is 0.0719. The highest BCUT2D eigenvalue weighted by Crippen LogP contribution is 2.19. The van der Waals surface area contributed by atoms with Gasteiger partial charge in [-0.1, -0.05) is 12.1 Å². The van der Waals surface area contributed by atoms with Crippen molar-refractivity contribution < 1.29 is 27.5 Å². The molecule has 7 heteroatoms. The Labute approximate surface area is 144 Å². The van der Waals surface area contributed by atoms with E-state index in [1.807, 2.05) is 12.1 Å². The molecule has 0 fully saturated rings. The molecule has 6 nitrogen and oxygen atoms in total. The third kappa shape index (κ3) is 6.08. The summed E-state index contributed by atoms with van der Waals surface area (Å²) >= 11 is 0. The third-order valence-corrected chi connectivity index (χ3v) is 6.46. The maximum absolute atomic E-state index is 11.8. The average Bonchev–Trinajstić information content (AvgIpc) is 2.61. The maximum atomic E-state index is 11.8. The summed E-state index contributed by atoms with van der Waals surface area (Å²) in [6, 6.07) is 8.18. The number of esters is 1. The zero-order chi connectivity index (χ0) is 18.0. The van der Waals surface area contributed by atoms with Crippen molar-refractivity contribution in [3.8, 4) is 5.75 Å². The van der Waals surface area contributed by atoms with Gasteiger partial charge in [-0.3, -0.25) is 0 Å². The van der Waals surface area contributed by atoms with Crippen LogP contribution < -0.4 is 4.74 Å². The minimum absolute atomic E-state index is 0.404. The Morgan fingerprint density at radius 2 is 1.62 bits per heavy atom. The summed E-state index contributed by atoms with van der Waals surface area (Å²) < 4.78 is 26.2. The molecule has 134 valence electrons. The van der Waals surface area contributed by atoms with E-state index in [9.17, 15) is 4.79 Å². The molecule has 0 amide bonds. The summed E-state index contributed by atoms with van der Waals surface area (Å²) in [6.07, 6.45) is 3.10. The van der Waals surface area contributed by atoms with Crippen molar-refractivity contribution in [3.05, 3.63) is 41.7 Å². The van der Waals surface area contributed by atoms with E-state index in [4.69, 9.17) is 22.8 Å². The highest BCUT2D eigenvalue weighted by Gasteiger charge is 2.36. The van der Waals surface area contributed by atoms with E-state index >= 15 is 0 Å². The Hall–Kier alpha value is -1.67. The van der Waals surface area contributed by atoms with Crippen molar-refractivity contribution in [1.82, 2.24) is 0 Å². The van der Waals surface area contributed by atoms with Gasteiger partial charge in [0.2, 0.25) is 0 Å². The SMILES string of the molecule is COC=C(C)C(=O)Oc1ccc(CCC[Si](OC)(OC)OC)cc1. The average molecular weight is 354 g/mol. The molecule has 0 unspecified atom stereocenters. The Morgan fingerprint density at radius 3 is 2.12 bits per heavy atom. The molecule has 0 saturated carbocycles. The van der Waals surface area contributed by atoms with Crippen molar-refractivity contribution in [2.75, 3.05) is 28.4 Å². The number of carbonyl (C=O) groups is 1. The predicted octanol–water partition coefficient (Wildman–Crippen LogP) is 2.95. The first-order valence-electron chi connectivity index (χ1n) is 7.66. The van der Waals surface area contributed by atoms with Crippen LogP contribution in [0.15, 0.2) is 36.1 Å². The Morgan fingerprint density at radius 1 is 1.04 bits per heavy atom. The number of ether oxygens (including phenoxy) is 2. The predicted molar refractivity (Wildman–Crippen MR) is 92.8 cm³/mol. The van der Waals surface area contributed by atoms with Gasteiger partial charge in [0.15, 0.2) is 0 Å². The lowest BCUT2D eigenvalue weighted by Crippen LogP contribution is -2.42. The number of carbonyl (C=O) groups excluding carboxylic acids is 1. The number of methoxy groups -OCH3 is 1. The van der Waals surface area contributed by atoms with Crippen molar-refractivity contribution in [3.63, 3.8) is 0 Å². The zero-order valence-corrected chi connectivity index (χ0v) is 16.0. The molecule has 0 radical (unpaired) electrons. The first kappa shape index (κ1) is 20.4. The molecule has 0 aliphatic rings. The van der Waals surface area contributed by atoms with Crippen molar-refractivity contribution in [2.24, 2.45) is 0 Å². The third-order valence-electron chi connectivity index (χ3n) is 3.63. The van der Waals surface area contributed by atoms with E-state index in [1.165, 1.54) is 13.4 Å². The monoisotopic (exact) mass is 354 g/mol. The molecule has 0 spiro atoms. The van der Waals surface area contributed by atoms with E-state index in [0.717, 1.165) is 24.4 Å². The highest BCUT2D eigenvalue weighted by atomic mass is 28.4. The summed E-state index contributed by atoms with van der Waals surface area (Å²) in [7, 11) is 3.81. The van der Waals surface area contributed by atoms with Crippen LogP contribution in [0.2, 0.25) is 6.04 Å². The molecule has 0 saturated heterocycles. The molecule has 0 N–H and O–H groups in total. The van der Waals surface area contributed by atoms with Crippen LogP contribution in [0, 0.1) is 0 Å². The lowest BCUT2D eigenvalue weighted by Gasteiger charge is -2.24. The largest absolute Gasteiger partial charge is 0.504 e. The summed E-state index contributed by atoms with van der Waals surface area (Å²) in [5, 5.41) is 0. The molecule has 0 aliphatic carbocycles. The second kappa shape index (κ2) is 10.2. The van der Waals surface area contributed by atoms with Gasteiger partial charge >= 0.3 is 14.8 Å². The molecule has 0 aromatic heterocycles. The fraction of sp³-hybridized carbons (Fsp3) is 0.471. The van der Waals surface area contributed by atoms with Gasteiger partial charge in [0.25, 0.3) is 0 Å². The van der Waals surface area contributed by atoms with Gasteiger partial charge in [0.1, 0.15) is 5.75 Å². The first-order chi connectivity index (χ1) is 11.5. The minimum Gasteiger partial charge on any atom is -0.504 e. The van der Waals surface area contributed by atoms with Crippen LogP contribution in [-0.2, 0) is 29.2 Å². The van der Waals surface area contributed by atoms with Crippen LogP contribution >= 0.6 is 0 Å². The molecular weight excluding hydrogens is 328 g/mol. The van der Waals surface area contributed by atoms with Gasteiger partial charge in [-0.05, 0) is 37.5 Å². The summed E-state index contributed by atoms with van der Waals surface area (Å²) in [6.45, 7) is 1.64. The van der Waals surface area contributed by atoms with E-state index in [2.05, 4.69) is 0 Å². The van der Waals surface area contributed by atoms with Crippen LogP contribution in [0.25, 0.3) is 0 Å². The molecule has 24 heavy (non-hydrogen) atoms. The number of rotatable bonds is 10. The first-order valence-corrected chi connectivity index (χ1v) is 9.59. The Balaban J connectivity index is 2.53. The number of hydrogen-bond acceptors (Lipinski definition) is 6. The van der Waals surface area contributed by atoms with Crippen molar-refractivity contribution in [2.45, 2.75) is 25.8 Å². The van der Waals surface area contributed by atoms with Crippen molar-refractivity contribution in [1.29, 1.82) is 0 Å². The normalized spacial score (nSPS) is 12.1. The molecule has 1 rings (SSSR count). The topological polar surface area (TPSA) is 63.2 Å². The van der Waals surface area contributed by atoms with Gasteiger partial charge in [0, 0.05) is 27.4 Å². The van der Waals surface area contributed by atoms with Crippen LogP contribution in [0.5, 0.6) is 5.75 Å². The van der Waals surface area contributed by atoms with E-state index in [-0.39, 0.29) is 0 Å². The quantitative estimate of drug-likeness (QED) is 0.212. The number of benzene rings is 1. The van der Waals surface area contributed by atoms with Crippen LogP contribution in [-0.4, -0.2) is 43.2 Å². The number of hydrogen-bond donors (Lipinski definition) is 0. The summed E-state index contributed by atoms with van der Waals surface area (Å²) in [4.78, 5) is 11.8. The Kier molecular flexibility index (Phi) is 8.70. The molecule has 0 atom stereocenters. The maximum Gasteiger partial charge on any atom is 0.500 e. The fourth-order valence-electron chi connectivity index (χ4n) is 2.20. The van der Waals surface area contributed by atoms with E-state index in [1.54, 1.807) is 40.4 Å².